The highest BCUT2D eigenvalue weighted by atomic mass is 32.2. The molecule has 0 bridgehead atoms. The Labute approximate surface area is 105 Å². The predicted octanol–water partition coefficient (Wildman–Crippen LogP) is 2.92. The first kappa shape index (κ1) is 13.3. The average Bonchev–Trinajstić information content (AvgIpc) is 2.29. The van der Waals surface area contributed by atoms with E-state index in [-0.39, 0.29) is 11.7 Å². The lowest BCUT2D eigenvalue weighted by Crippen LogP contribution is -2.32. The largest absolute Gasteiger partial charge is 0.748 e. The third-order valence-electron chi connectivity index (χ3n) is 4.64. The Hall–Kier alpha value is -0.0900. The van der Waals surface area contributed by atoms with Crippen LogP contribution in [0.15, 0.2) is 0 Å². The first-order valence-electron chi connectivity index (χ1n) is 7.00. The van der Waals surface area contributed by atoms with Crippen molar-refractivity contribution in [2.24, 2.45) is 17.8 Å². The maximum absolute atomic E-state index is 11.0. The third-order valence-corrected chi connectivity index (χ3v) is 5.48. The zero-order valence-corrected chi connectivity index (χ0v) is 11.3. The van der Waals surface area contributed by atoms with E-state index in [2.05, 4.69) is 0 Å². The van der Waals surface area contributed by atoms with Crippen LogP contribution < -0.4 is 0 Å². The molecule has 2 fully saturated rings. The van der Waals surface area contributed by atoms with Crippen LogP contribution in [0.5, 0.6) is 0 Å². The molecule has 100 valence electrons. The molecule has 0 spiro atoms. The molecule has 2 aliphatic carbocycles. The second-order valence-electron chi connectivity index (χ2n) is 5.83. The summed E-state index contributed by atoms with van der Waals surface area (Å²) < 4.78 is 32.9. The molecule has 2 atom stereocenters. The minimum atomic E-state index is -4.05. The zero-order valence-electron chi connectivity index (χ0n) is 10.4. The summed E-state index contributed by atoms with van der Waals surface area (Å²) in [5.74, 6) is 1.23. The van der Waals surface area contributed by atoms with Crippen molar-refractivity contribution in [1.29, 1.82) is 0 Å². The van der Waals surface area contributed by atoms with Gasteiger partial charge in [0, 0.05) is 5.75 Å². The van der Waals surface area contributed by atoms with E-state index in [1.54, 1.807) is 0 Å². The molecule has 0 heterocycles. The fraction of sp³-hybridized carbons (Fsp3) is 1.00. The fourth-order valence-corrected chi connectivity index (χ4v) is 4.83. The van der Waals surface area contributed by atoms with Crippen molar-refractivity contribution in [2.75, 3.05) is 5.75 Å². The summed E-state index contributed by atoms with van der Waals surface area (Å²) in [7, 11) is -4.05. The van der Waals surface area contributed by atoms with Gasteiger partial charge in [0.25, 0.3) is 0 Å². The summed E-state index contributed by atoms with van der Waals surface area (Å²) in [5.41, 5.74) is 0. The molecule has 4 heteroatoms. The first-order valence-corrected chi connectivity index (χ1v) is 8.57. The van der Waals surface area contributed by atoms with Gasteiger partial charge in [-0.25, -0.2) is 8.42 Å². The Kier molecular flexibility index (Phi) is 4.47. The van der Waals surface area contributed by atoms with Crippen LogP contribution >= 0.6 is 0 Å². The van der Waals surface area contributed by atoms with Crippen LogP contribution in [0.2, 0.25) is 0 Å². The molecule has 3 nitrogen and oxygen atoms in total. The average molecular weight is 259 g/mol. The molecule has 0 aliphatic heterocycles. The molecule has 2 unspecified atom stereocenters. The van der Waals surface area contributed by atoms with Gasteiger partial charge in [-0.05, 0) is 30.6 Å². The maximum Gasteiger partial charge on any atom is 0.0948 e. The molecule has 0 aromatic carbocycles. The summed E-state index contributed by atoms with van der Waals surface area (Å²) in [6.07, 6.45) is 10.8. The highest BCUT2D eigenvalue weighted by molar-refractivity contribution is 7.85. The van der Waals surface area contributed by atoms with Crippen molar-refractivity contribution in [1.82, 2.24) is 0 Å². The Bertz CT molecular complexity index is 331. The quantitative estimate of drug-likeness (QED) is 0.732. The summed E-state index contributed by atoms with van der Waals surface area (Å²) in [6, 6.07) is 0. The van der Waals surface area contributed by atoms with Gasteiger partial charge in [-0.1, -0.05) is 44.9 Å². The van der Waals surface area contributed by atoms with E-state index in [0.29, 0.717) is 11.8 Å². The van der Waals surface area contributed by atoms with Crippen LogP contribution in [0.1, 0.15) is 57.8 Å². The molecule has 0 aromatic rings. The minimum absolute atomic E-state index is 0.117. The van der Waals surface area contributed by atoms with E-state index >= 15 is 0 Å². The molecule has 2 saturated carbocycles. The Balaban J connectivity index is 2.00. The van der Waals surface area contributed by atoms with Crippen LogP contribution in [0.3, 0.4) is 0 Å². The van der Waals surface area contributed by atoms with E-state index in [4.69, 9.17) is 0 Å². The number of hydrogen-bond acceptors (Lipinski definition) is 3. The summed E-state index contributed by atoms with van der Waals surface area (Å²) in [6.45, 7) is 0. The summed E-state index contributed by atoms with van der Waals surface area (Å²) in [4.78, 5) is 0. The van der Waals surface area contributed by atoms with Gasteiger partial charge in [0.2, 0.25) is 0 Å². The molecule has 0 radical (unpaired) electrons. The van der Waals surface area contributed by atoms with Gasteiger partial charge in [0.05, 0.1) is 10.1 Å². The standard InChI is InChI=1S/C13H24O3S/c14-17(15,16)10-12-8-4-5-9-13(12)11-6-2-1-3-7-11/h11-13H,1-10H2,(H,14,15,16)/p-1. The number of hydrogen-bond donors (Lipinski definition) is 0. The van der Waals surface area contributed by atoms with Crippen molar-refractivity contribution in [3.05, 3.63) is 0 Å². The molecule has 0 N–H and O–H groups in total. The topological polar surface area (TPSA) is 57.2 Å². The van der Waals surface area contributed by atoms with Gasteiger partial charge in [-0.2, -0.15) is 0 Å². The molecule has 0 saturated heterocycles. The first-order chi connectivity index (χ1) is 8.06. The van der Waals surface area contributed by atoms with E-state index in [1.165, 1.54) is 38.5 Å². The smallest absolute Gasteiger partial charge is 0.0948 e. The van der Waals surface area contributed by atoms with Crippen LogP contribution in [0.4, 0.5) is 0 Å². The van der Waals surface area contributed by atoms with Crippen molar-refractivity contribution in [3.63, 3.8) is 0 Å². The lowest BCUT2D eigenvalue weighted by atomic mass is 9.68. The molecular formula is C13H23O3S-. The molecule has 2 rings (SSSR count). The van der Waals surface area contributed by atoms with E-state index < -0.39 is 10.1 Å². The predicted molar refractivity (Wildman–Crippen MR) is 66.6 cm³/mol. The molecule has 0 aromatic heterocycles. The van der Waals surface area contributed by atoms with Crippen molar-refractivity contribution in [3.8, 4) is 0 Å². The van der Waals surface area contributed by atoms with Gasteiger partial charge < -0.3 is 4.55 Å². The molecule has 0 amide bonds. The van der Waals surface area contributed by atoms with Gasteiger partial charge >= 0.3 is 0 Å². The Morgan fingerprint density at radius 2 is 1.47 bits per heavy atom. The van der Waals surface area contributed by atoms with Crippen LogP contribution in [-0.2, 0) is 10.1 Å². The monoisotopic (exact) mass is 259 g/mol. The second-order valence-corrected chi connectivity index (χ2v) is 7.28. The summed E-state index contributed by atoms with van der Waals surface area (Å²) in [5, 5.41) is 0. The minimum Gasteiger partial charge on any atom is -0.748 e. The van der Waals surface area contributed by atoms with Gasteiger partial charge in [-0.15, -0.1) is 0 Å². The Morgan fingerprint density at radius 1 is 0.882 bits per heavy atom. The van der Waals surface area contributed by atoms with Crippen molar-refractivity contribution >= 4 is 10.1 Å². The highest BCUT2D eigenvalue weighted by Crippen LogP contribution is 2.41. The summed E-state index contributed by atoms with van der Waals surface area (Å²) >= 11 is 0. The SMILES string of the molecule is O=S(=O)([O-])CC1CCCCC1C1CCCCC1. The number of rotatable bonds is 3. The van der Waals surface area contributed by atoms with Crippen molar-refractivity contribution < 1.29 is 13.0 Å². The van der Waals surface area contributed by atoms with E-state index in [9.17, 15) is 13.0 Å². The van der Waals surface area contributed by atoms with Crippen LogP contribution in [0.25, 0.3) is 0 Å². The van der Waals surface area contributed by atoms with Crippen LogP contribution in [-0.4, -0.2) is 18.7 Å². The zero-order chi connectivity index (χ0) is 12.3. The molecule has 2 aliphatic rings. The lowest BCUT2D eigenvalue weighted by Gasteiger charge is -2.39. The Morgan fingerprint density at radius 3 is 2.12 bits per heavy atom. The fourth-order valence-electron chi connectivity index (χ4n) is 3.89. The lowest BCUT2D eigenvalue weighted by molar-refractivity contribution is 0.140. The van der Waals surface area contributed by atoms with E-state index in [1.807, 2.05) is 0 Å². The highest BCUT2D eigenvalue weighted by Gasteiger charge is 2.33. The van der Waals surface area contributed by atoms with E-state index in [0.717, 1.165) is 19.3 Å². The molecule has 17 heavy (non-hydrogen) atoms. The third kappa shape index (κ3) is 3.95. The van der Waals surface area contributed by atoms with Crippen molar-refractivity contribution in [2.45, 2.75) is 57.8 Å². The van der Waals surface area contributed by atoms with Crippen LogP contribution in [0, 0.1) is 17.8 Å². The normalized spacial score (nSPS) is 32.5. The van der Waals surface area contributed by atoms with Gasteiger partial charge in [0.1, 0.15) is 0 Å². The molecular weight excluding hydrogens is 236 g/mol. The van der Waals surface area contributed by atoms with Gasteiger partial charge in [0.15, 0.2) is 0 Å². The maximum atomic E-state index is 11.0. The second kappa shape index (κ2) is 5.70. The van der Waals surface area contributed by atoms with Gasteiger partial charge in [-0.3, -0.25) is 0 Å².